The van der Waals surface area contributed by atoms with E-state index in [1.807, 2.05) is 32.9 Å². The van der Waals surface area contributed by atoms with Crippen LogP contribution in [0.3, 0.4) is 0 Å². The second kappa shape index (κ2) is 10.8. The zero-order chi connectivity index (χ0) is 23.1. The van der Waals surface area contributed by atoms with Crippen LogP contribution in [0.2, 0.25) is 0 Å². The molecule has 1 heterocycles. The molecular weight excluding hydrogens is 408 g/mol. The van der Waals surface area contributed by atoms with E-state index in [9.17, 15) is 14.4 Å². The van der Waals surface area contributed by atoms with Gasteiger partial charge in [0.1, 0.15) is 5.60 Å². The highest BCUT2D eigenvalue weighted by molar-refractivity contribution is 6.04. The van der Waals surface area contributed by atoms with Crippen molar-refractivity contribution in [2.75, 3.05) is 25.0 Å². The monoisotopic (exact) mass is 444 g/mol. The number of amides is 3. The molecule has 2 fully saturated rings. The standard InChI is InChI=1S/C24H36N4O4/c1-24(2,3)32-23(31)26-18-12-14-28(15-13-18)16-21(29)27-20-11-7-6-10-19(20)22(30)25-17-8-4-5-9-17/h6-7,10-11,17-18H,4-5,8-9,12-16H2,1-3H3,(H,25,30)(H,26,31)(H,27,29). The normalized spacial score (nSPS) is 18.2. The van der Waals surface area contributed by atoms with Gasteiger partial charge in [-0.1, -0.05) is 25.0 Å². The van der Waals surface area contributed by atoms with Crippen molar-refractivity contribution in [3.05, 3.63) is 29.8 Å². The minimum Gasteiger partial charge on any atom is -0.444 e. The number of alkyl carbamates (subject to hydrolysis) is 1. The third-order valence-electron chi connectivity index (χ3n) is 5.81. The summed E-state index contributed by atoms with van der Waals surface area (Å²) >= 11 is 0. The van der Waals surface area contributed by atoms with Gasteiger partial charge in [-0.2, -0.15) is 0 Å². The second-order valence-corrected chi connectivity index (χ2v) is 9.75. The molecule has 2 aliphatic rings. The second-order valence-electron chi connectivity index (χ2n) is 9.75. The Morgan fingerprint density at radius 1 is 0.969 bits per heavy atom. The third-order valence-corrected chi connectivity index (χ3v) is 5.81. The molecule has 1 saturated carbocycles. The fourth-order valence-corrected chi connectivity index (χ4v) is 4.23. The molecule has 0 unspecified atom stereocenters. The van der Waals surface area contributed by atoms with Gasteiger partial charge >= 0.3 is 6.09 Å². The summed E-state index contributed by atoms with van der Waals surface area (Å²) < 4.78 is 5.31. The average molecular weight is 445 g/mol. The number of piperidine rings is 1. The number of nitrogens with zero attached hydrogens (tertiary/aromatic N) is 1. The number of benzene rings is 1. The number of hydrogen-bond acceptors (Lipinski definition) is 5. The van der Waals surface area contributed by atoms with E-state index in [2.05, 4.69) is 20.9 Å². The van der Waals surface area contributed by atoms with E-state index in [1.54, 1.807) is 12.1 Å². The third kappa shape index (κ3) is 7.51. The van der Waals surface area contributed by atoms with Crippen LogP contribution in [0.4, 0.5) is 10.5 Å². The molecule has 8 heteroatoms. The van der Waals surface area contributed by atoms with Gasteiger partial charge in [0.2, 0.25) is 5.91 Å². The largest absolute Gasteiger partial charge is 0.444 e. The number of carbonyl (C=O) groups excluding carboxylic acids is 3. The van der Waals surface area contributed by atoms with E-state index in [0.29, 0.717) is 24.3 Å². The van der Waals surface area contributed by atoms with Crippen molar-refractivity contribution in [3.63, 3.8) is 0 Å². The lowest BCUT2D eigenvalue weighted by molar-refractivity contribution is -0.117. The predicted octanol–water partition coefficient (Wildman–Crippen LogP) is 3.29. The molecule has 1 aromatic carbocycles. The van der Waals surface area contributed by atoms with Crippen molar-refractivity contribution in [1.29, 1.82) is 0 Å². The van der Waals surface area contributed by atoms with Crippen molar-refractivity contribution in [1.82, 2.24) is 15.5 Å². The molecule has 0 atom stereocenters. The maximum absolute atomic E-state index is 12.7. The Kier molecular flexibility index (Phi) is 8.12. The predicted molar refractivity (Wildman–Crippen MR) is 124 cm³/mol. The van der Waals surface area contributed by atoms with Crippen molar-refractivity contribution >= 4 is 23.6 Å². The molecule has 0 spiro atoms. The van der Waals surface area contributed by atoms with E-state index in [0.717, 1.165) is 38.5 Å². The van der Waals surface area contributed by atoms with Gasteiger partial charge in [0.25, 0.3) is 5.91 Å². The van der Waals surface area contributed by atoms with Crippen molar-refractivity contribution < 1.29 is 19.1 Å². The molecule has 0 aromatic heterocycles. The number of likely N-dealkylation sites (tertiary alicyclic amines) is 1. The number of carbonyl (C=O) groups is 3. The quantitative estimate of drug-likeness (QED) is 0.625. The van der Waals surface area contributed by atoms with Crippen LogP contribution in [0, 0.1) is 0 Å². The molecule has 1 aliphatic carbocycles. The van der Waals surface area contributed by atoms with Crippen molar-refractivity contribution in [2.24, 2.45) is 0 Å². The van der Waals surface area contributed by atoms with Crippen molar-refractivity contribution in [2.45, 2.75) is 77.0 Å². The minimum atomic E-state index is -0.521. The van der Waals surface area contributed by atoms with Gasteiger partial charge in [0.15, 0.2) is 0 Å². The first-order valence-electron chi connectivity index (χ1n) is 11.6. The molecule has 8 nitrogen and oxygen atoms in total. The van der Waals surface area contributed by atoms with Gasteiger partial charge in [-0.05, 0) is 58.6 Å². The van der Waals surface area contributed by atoms with E-state index < -0.39 is 11.7 Å². The van der Waals surface area contributed by atoms with E-state index in [4.69, 9.17) is 4.74 Å². The van der Waals surface area contributed by atoms with E-state index >= 15 is 0 Å². The Bertz CT molecular complexity index is 806. The highest BCUT2D eigenvalue weighted by Crippen LogP contribution is 2.20. The number of rotatable bonds is 6. The number of para-hydroxylation sites is 1. The summed E-state index contributed by atoms with van der Waals surface area (Å²) in [6.07, 6.45) is 5.43. The lowest BCUT2D eigenvalue weighted by Gasteiger charge is -2.32. The molecule has 0 bridgehead atoms. The zero-order valence-corrected chi connectivity index (χ0v) is 19.4. The van der Waals surface area contributed by atoms with Crippen LogP contribution in [0.1, 0.15) is 69.7 Å². The summed E-state index contributed by atoms with van der Waals surface area (Å²) in [6, 6.07) is 7.40. The molecule has 3 N–H and O–H groups in total. The summed E-state index contributed by atoms with van der Waals surface area (Å²) in [7, 11) is 0. The van der Waals surface area contributed by atoms with Gasteiger partial charge < -0.3 is 20.7 Å². The Morgan fingerprint density at radius 2 is 1.59 bits per heavy atom. The molecule has 1 aromatic rings. The summed E-state index contributed by atoms with van der Waals surface area (Å²) in [6.45, 7) is 7.17. The first kappa shape index (κ1) is 24.0. The fourth-order valence-electron chi connectivity index (χ4n) is 4.23. The van der Waals surface area contributed by atoms with Crippen molar-refractivity contribution in [3.8, 4) is 0 Å². The van der Waals surface area contributed by atoms with Gasteiger partial charge in [0.05, 0.1) is 17.8 Å². The van der Waals surface area contributed by atoms with Crippen LogP contribution < -0.4 is 16.0 Å². The lowest BCUT2D eigenvalue weighted by Crippen LogP contribution is -2.47. The minimum absolute atomic E-state index is 0.0455. The Labute approximate surface area is 190 Å². The average Bonchev–Trinajstić information content (AvgIpc) is 3.21. The Morgan fingerprint density at radius 3 is 2.25 bits per heavy atom. The Balaban J connectivity index is 1.45. The topological polar surface area (TPSA) is 99.8 Å². The van der Waals surface area contributed by atoms with Crippen LogP contribution in [0.15, 0.2) is 24.3 Å². The maximum atomic E-state index is 12.7. The van der Waals surface area contributed by atoms with Gasteiger partial charge in [-0.25, -0.2) is 4.79 Å². The van der Waals surface area contributed by atoms with Crippen LogP contribution in [-0.4, -0.2) is 60.1 Å². The highest BCUT2D eigenvalue weighted by atomic mass is 16.6. The summed E-state index contributed by atoms with van der Waals surface area (Å²) in [4.78, 5) is 39.3. The van der Waals surface area contributed by atoms with E-state index in [-0.39, 0.29) is 30.4 Å². The molecule has 0 radical (unpaired) electrons. The van der Waals surface area contributed by atoms with Crippen LogP contribution in [0.25, 0.3) is 0 Å². The number of ether oxygens (including phenoxy) is 1. The number of hydrogen-bond donors (Lipinski definition) is 3. The number of anilines is 1. The molecule has 1 aliphatic heterocycles. The molecule has 3 rings (SSSR count). The Hall–Kier alpha value is -2.61. The summed E-state index contributed by atoms with van der Waals surface area (Å²) in [5.74, 6) is -0.286. The van der Waals surface area contributed by atoms with E-state index in [1.165, 1.54) is 0 Å². The molecule has 1 saturated heterocycles. The lowest BCUT2D eigenvalue weighted by atomic mass is 10.1. The van der Waals surface area contributed by atoms with Gasteiger partial charge in [0, 0.05) is 25.2 Å². The van der Waals surface area contributed by atoms with Gasteiger partial charge in [-0.3, -0.25) is 14.5 Å². The molecular formula is C24H36N4O4. The maximum Gasteiger partial charge on any atom is 0.407 e. The smallest absolute Gasteiger partial charge is 0.407 e. The zero-order valence-electron chi connectivity index (χ0n) is 19.4. The summed E-state index contributed by atoms with van der Waals surface area (Å²) in [5, 5.41) is 8.89. The van der Waals surface area contributed by atoms with Crippen LogP contribution >= 0.6 is 0 Å². The molecule has 3 amide bonds. The van der Waals surface area contributed by atoms with Crippen LogP contribution in [-0.2, 0) is 9.53 Å². The fraction of sp³-hybridized carbons (Fsp3) is 0.625. The SMILES string of the molecule is CC(C)(C)OC(=O)NC1CCN(CC(=O)Nc2ccccc2C(=O)NC2CCCC2)CC1. The first-order chi connectivity index (χ1) is 15.2. The molecule has 176 valence electrons. The van der Waals surface area contributed by atoms with Crippen LogP contribution in [0.5, 0.6) is 0 Å². The van der Waals surface area contributed by atoms with Gasteiger partial charge in [-0.15, -0.1) is 0 Å². The highest BCUT2D eigenvalue weighted by Gasteiger charge is 2.25. The number of nitrogens with one attached hydrogen (secondary N) is 3. The summed E-state index contributed by atoms with van der Waals surface area (Å²) in [5.41, 5.74) is 0.509. The first-order valence-corrected chi connectivity index (χ1v) is 11.6. The molecule has 32 heavy (non-hydrogen) atoms.